The van der Waals surface area contributed by atoms with Gasteiger partial charge in [0.2, 0.25) is 0 Å². The van der Waals surface area contributed by atoms with Gasteiger partial charge in [0.25, 0.3) is 11.8 Å². The summed E-state index contributed by atoms with van der Waals surface area (Å²) in [6.45, 7) is 0.988. The maximum absolute atomic E-state index is 13.0. The molecule has 1 N–H and O–H groups in total. The number of amides is 2. The second-order valence-electron chi connectivity index (χ2n) is 6.71. The maximum Gasteiger partial charge on any atom is 0.259 e. The summed E-state index contributed by atoms with van der Waals surface area (Å²) >= 11 is 12.4. The summed E-state index contributed by atoms with van der Waals surface area (Å²) in [5, 5.41) is 3.65. The molecule has 1 heterocycles. The molecule has 29 heavy (non-hydrogen) atoms. The molecule has 8 heteroatoms. The number of rotatable bonds is 5. The van der Waals surface area contributed by atoms with Gasteiger partial charge in [-0.25, -0.2) is 0 Å². The molecule has 154 valence electrons. The van der Waals surface area contributed by atoms with E-state index in [1.54, 1.807) is 48.4 Å². The Morgan fingerprint density at radius 3 is 2.38 bits per heavy atom. The summed E-state index contributed by atoms with van der Waals surface area (Å²) in [6.07, 6.45) is 1.28. The van der Waals surface area contributed by atoms with Crippen molar-refractivity contribution in [3.8, 4) is 11.5 Å². The van der Waals surface area contributed by atoms with Gasteiger partial charge in [-0.3, -0.25) is 9.59 Å². The Bertz CT molecular complexity index is 912. The molecule has 2 aromatic carbocycles. The van der Waals surface area contributed by atoms with Crippen molar-refractivity contribution in [2.45, 2.75) is 18.9 Å². The molecule has 1 fully saturated rings. The number of hydrogen-bond acceptors (Lipinski definition) is 4. The van der Waals surface area contributed by atoms with E-state index in [-0.39, 0.29) is 29.2 Å². The van der Waals surface area contributed by atoms with Crippen molar-refractivity contribution in [1.82, 2.24) is 10.2 Å². The normalized spacial score (nSPS) is 14.4. The molecule has 0 unspecified atom stereocenters. The van der Waals surface area contributed by atoms with Gasteiger partial charge >= 0.3 is 0 Å². The fourth-order valence-corrected chi connectivity index (χ4v) is 3.81. The number of likely N-dealkylation sites (tertiary alicyclic amines) is 1. The molecule has 0 radical (unpaired) electrons. The predicted molar refractivity (Wildman–Crippen MR) is 112 cm³/mol. The standard InChI is InChI=1S/C21H22Cl2N2O4/c1-28-15-5-3-4-13(12-15)20(26)24-14-8-10-25(11-9-14)21(27)18-16(22)6-7-17(23)19(18)29-2/h3-7,12,14H,8-11H2,1-2H3,(H,24,26). The first-order valence-electron chi connectivity index (χ1n) is 9.20. The van der Waals surface area contributed by atoms with E-state index in [2.05, 4.69) is 5.32 Å². The molecule has 0 spiro atoms. The number of nitrogens with one attached hydrogen (secondary N) is 1. The van der Waals surface area contributed by atoms with E-state index in [1.165, 1.54) is 7.11 Å². The topological polar surface area (TPSA) is 67.9 Å². The molecule has 0 atom stereocenters. The third kappa shape index (κ3) is 4.77. The zero-order chi connectivity index (χ0) is 21.0. The van der Waals surface area contributed by atoms with Crippen LogP contribution in [0.5, 0.6) is 11.5 Å². The number of nitrogens with zero attached hydrogens (tertiary/aromatic N) is 1. The SMILES string of the molecule is COc1cccc(C(=O)NC2CCN(C(=O)c3c(Cl)ccc(Cl)c3OC)CC2)c1. The van der Waals surface area contributed by atoms with Crippen LogP contribution < -0.4 is 14.8 Å². The Morgan fingerprint density at radius 1 is 1.03 bits per heavy atom. The monoisotopic (exact) mass is 436 g/mol. The largest absolute Gasteiger partial charge is 0.497 e. The fourth-order valence-electron chi connectivity index (χ4n) is 3.35. The first kappa shape index (κ1) is 21.3. The van der Waals surface area contributed by atoms with Gasteiger partial charge in [-0.15, -0.1) is 0 Å². The third-order valence-corrected chi connectivity index (χ3v) is 5.54. The molecule has 1 aliphatic rings. The van der Waals surface area contributed by atoms with E-state index in [0.29, 0.717) is 47.3 Å². The smallest absolute Gasteiger partial charge is 0.259 e. The van der Waals surface area contributed by atoms with Crippen LogP contribution in [-0.4, -0.2) is 50.1 Å². The van der Waals surface area contributed by atoms with Crippen molar-refractivity contribution < 1.29 is 19.1 Å². The van der Waals surface area contributed by atoms with Gasteiger partial charge in [-0.2, -0.15) is 0 Å². The fraction of sp³-hybridized carbons (Fsp3) is 0.333. The summed E-state index contributed by atoms with van der Waals surface area (Å²) in [7, 11) is 3.01. The highest BCUT2D eigenvalue weighted by Gasteiger charge is 2.28. The number of methoxy groups -OCH3 is 2. The van der Waals surface area contributed by atoms with E-state index in [0.717, 1.165) is 0 Å². The van der Waals surface area contributed by atoms with Crippen molar-refractivity contribution in [2.24, 2.45) is 0 Å². The minimum atomic E-state index is -0.230. The molecular formula is C21H22Cl2N2O4. The quantitative estimate of drug-likeness (QED) is 0.767. The first-order valence-corrected chi connectivity index (χ1v) is 9.96. The highest BCUT2D eigenvalue weighted by Crippen LogP contribution is 2.35. The van der Waals surface area contributed by atoms with Crippen LogP contribution in [0.4, 0.5) is 0 Å². The summed E-state index contributed by atoms with van der Waals surface area (Å²) in [5.41, 5.74) is 0.804. The molecular weight excluding hydrogens is 415 g/mol. The van der Waals surface area contributed by atoms with Crippen LogP contribution in [0.25, 0.3) is 0 Å². The predicted octanol–water partition coefficient (Wildman–Crippen LogP) is 4.05. The summed E-state index contributed by atoms with van der Waals surface area (Å²) in [6, 6.07) is 10.2. The average molecular weight is 437 g/mol. The number of carbonyl (C=O) groups excluding carboxylic acids is 2. The van der Waals surface area contributed by atoms with Gasteiger partial charge < -0.3 is 19.7 Å². The number of piperidine rings is 1. The first-order chi connectivity index (χ1) is 13.9. The molecule has 2 amide bonds. The summed E-state index contributed by atoms with van der Waals surface area (Å²) in [4.78, 5) is 27.2. The van der Waals surface area contributed by atoms with Crippen LogP contribution in [0.15, 0.2) is 36.4 Å². The lowest BCUT2D eigenvalue weighted by Crippen LogP contribution is -2.46. The molecule has 0 saturated carbocycles. The zero-order valence-electron chi connectivity index (χ0n) is 16.2. The third-order valence-electron chi connectivity index (χ3n) is 4.93. The van der Waals surface area contributed by atoms with Gasteiger partial charge in [-0.05, 0) is 43.2 Å². The summed E-state index contributed by atoms with van der Waals surface area (Å²) in [5.74, 6) is 0.517. The van der Waals surface area contributed by atoms with Gasteiger partial charge in [0, 0.05) is 24.7 Å². The molecule has 0 aliphatic carbocycles. The Morgan fingerprint density at radius 2 is 1.72 bits per heavy atom. The van der Waals surface area contributed by atoms with Crippen LogP contribution in [0.1, 0.15) is 33.6 Å². The number of halogens is 2. The number of hydrogen-bond donors (Lipinski definition) is 1. The molecule has 2 aromatic rings. The lowest BCUT2D eigenvalue weighted by atomic mass is 10.0. The molecule has 0 bridgehead atoms. The average Bonchev–Trinajstić information content (AvgIpc) is 2.75. The molecule has 1 aliphatic heterocycles. The minimum Gasteiger partial charge on any atom is -0.497 e. The van der Waals surface area contributed by atoms with Crippen molar-refractivity contribution in [2.75, 3.05) is 27.3 Å². The minimum absolute atomic E-state index is 0.0190. The molecule has 3 rings (SSSR count). The van der Waals surface area contributed by atoms with E-state index < -0.39 is 0 Å². The number of benzene rings is 2. The Balaban J connectivity index is 1.63. The van der Waals surface area contributed by atoms with E-state index in [4.69, 9.17) is 32.7 Å². The highest BCUT2D eigenvalue weighted by molar-refractivity contribution is 6.37. The Labute approximate surface area is 179 Å². The van der Waals surface area contributed by atoms with Gasteiger partial charge in [0.1, 0.15) is 11.3 Å². The highest BCUT2D eigenvalue weighted by atomic mass is 35.5. The Kier molecular flexibility index (Phi) is 6.87. The van der Waals surface area contributed by atoms with E-state index >= 15 is 0 Å². The van der Waals surface area contributed by atoms with Gasteiger partial charge in [0.05, 0.1) is 24.3 Å². The van der Waals surface area contributed by atoms with Crippen LogP contribution in [-0.2, 0) is 0 Å². The van der Waals surface area contributed by atoms with Crippen molar-refractivity contribution in [1.29, 1.82) is 0 Å². The molecule has 6 nitrogen and oxygen atoms in total. The van der Waals surface area contributed by atoms with Crippen molar-refractivity contribution in [3.05, 3.63) is 57.6 Å². The van der Waals surface area contributed by atoms with Crippen LogP contribution in [0.3, 0.4) is 0 Å². The van der Waals surface area contributed by atoms with Crippen molar-refractivity contribution in [3.63, 3.8) is 0 Å². The summed E-state index contributed by atoms with van der Waals surface area (Å²) < 4.78 is 10.4. The molecule has 1 saturated heterocycles. The molecule has 0 aromatic heterocycles. The van der Waals surface area contributed by atoms with E-state index in [1.807, 2.05) is 0 Å². The van der Waals surface area contributed by atoms with Crippen LogP contribution in [0.2, 0.25) is 10.0 Å². The second kappa shape index (κ2) is 9.37. The van der Waals surface area contributed by atoms with E-state index in [9.17, 15) is 9.59 Å². The Hall–Kier alpha value is -2.44. The lowest BCUT2D eigenvalue weighted by Gasteiger charge is -2.33. The zero-order valence-corrected chi connectivity index (χ0v) is 17.7. The van der Waals surface area contributed by atoms with Gasteiger partial charge in [-0.1, -0.05) is 29.3 Å². The van der Waals surface area contributed by atoms with Crippen molar-refractivity contribution >= 4 is 35.0 Å². The van der Waals surface area contributed by atoms with Crippen LogP contribution >= 0.6 is 23.2 Å². The number of carbonyl (C=O) groups is 2. The maximum atomic E-state index is 13.0. The lowest BCUT2D eigenvalue weighted by molar-refractivity contribution is 0.0695. The number of ether oxygens (including phenoxy) is 2. The van der Waals surface area contributed by atoms with Gasteiger partial charge in [0.15, 0.2) is 5.75 Å². The second-order valence-corrected chi connectivity index (χ2v) is 7.52. The van der Waals surface area contributed by atoms with Crippen LogP contribution in [0, 0.1) is 0 Å².